The van der Waals surface area contributed by atoms with Crippen molar-refractivity contribution in [3.05, 3.63) is 59.7 Å². The number of para-hydroxylation sites is 1. The van der Waals surface area contributed by atoms with E-state index in [1.54, 1.807) is 0 Å². The SMILES string of the molecule is CC1CCc2ccccc2N1CCc1ccc(N)cc1. The minimum Gasteiger partial charge on any atom is -0.399 e. The molecule has 0 amide bonds. The number of hydrogen-bond acceptors (Lipinski definition) is 2. The highest BCUT2D eigenvalue weighted by molar-refractivity contribution is 5.56. The molecule has 2 heteroatoms. The number of anilines is 2. The number of fused-ring (bicyclic) bond motifs is 1. The summed E-state index contributed by atoms with van der Waals surface area (Å²) in [5, 5.41) is 0. The molecule has 2 nitrogen and oxygen atoms in total. The van der Waals surface area contributed by atoms with Crippen LogP contribution in [-0.2, 0) is 12.8 Å². The minimum absolute atomic E-state index is 0.624. The first kappa shape index (κ1) is 13.0. The van der Waals surface area contributed by atoms with Gasteiger partial charge in [-0.1, -0.05) is 30.3 Å². The van der Waals surface area contributed by atoms with Crippen LogP contribution < -0.4 is 10.6 Å². The van der Waals surface area contributed by atoms with Crippen LogP contribution in [0.3, 0.4) is 0 Å². The van der Waals surface area contributed by atoms with Gasteiger partial charge >= 0.3 is 0 Å². The Morgan fingerprint density at radius 3 is 2.65 bits per heavy atom. The molecular formula is C18H22N2. The average molecular weight is 266 g/mol. The van der Waals surface area contributed by atoms with E-state index in [0.717, 1.165) is 18.7 Å². The molecule has 2 aromatic carbocycles. The van der Waals surface area contributed by atoms with Crippen molar-refractivity contribution in [3.8, 4) is 0 Å². The van der Waals surface area contributed by atoms with Crippen LogP contribution >= 0.6 is 0 Å². The maximum atomic E-state index is 5.74. The zero-order valence-electron chi connectivity index (χ0n) is 12.0. The summed E-state index contributed by atoms with van der Waals surface area (Å²) >= 11 is 0. The van der Waals surface area contributed by atoms with Crippen molar-refractivity contribution in [3.63, 3.8) is 0 Å². The Labute approximate surface area is 121 Å². The summed E-state index contributed by atoms with van der Waals surface area (Å²) in [6, 6.07) is 17.7. The van der Waals surface area contributed by atoms with Crippen LogP contribution in [0.15, 0.2) is 48.5 Å². The molecular weight excluding hydrogens is 244 g/mol. The Kier molecular flexibility index (Phi) is 3.64. The highest BCUT2D eigenvalue weighted by Crippen LogP contribution is 2.30. The van der Waals surface area contributed by atoms with Crippen molar-refractivity contribution in [2.24, 2.45) is 0 Å². The van der Waals surface area contributed by atoms with Gasteiger partial charge < -0.3 is 10.6 Å². The van der Waals surface area contributed by atoms with Crippen molar-refractivity contribution in [2.75, 3.05) is 17.2 Å². The lowest BCUT2D eigenvalue weighted by Gasteiger charge is -2.37. The van der Waals surface area contributed by atoms with Crippen molar-refractivity contribution in [2.45, 2.75) is 32.2 Å². The maximum Gasteiger partial charge on any atom is 0.0401 e. The highest BCUT2D eigenvalue weighted by Gasteiger charge is 2.21. The van der Waals surface area contributed by atoms with Crippen LogP contribution in [0.1, 0.15) is 24.5 Å². The van der Waals surface area contributed by atoms with Gasteiger partial charge in [0.1, 0.15) is 0 Å². The Bertz CT molecular complexity index is 574. The molecule has 1 unspecified atom stereocenters. The van der Waals surface area contributed by atoms with Crippen molar-refractivity contribution in [1.29, 1.82) is 0 Å². The van der Waals surface area contributed by atoms with Gasteiger partial charge in [-0.3, -0.25) is 0 Å². The molecule has 2 aromatic rings. The first-order valence-corrected chi connectivity index (χ1v) is 7.43. The van der Waals surface area contributed by atoms with Crippen LogP contribution in [0.25, 0.3) is 0 Å². The van der Waals surface area contributed by atoms with Gasteiger partial charge in [-0.2, -0.15) is 0 Å². The number of hydrogen-bond donors (Lipinski definition) is 1. The van der Waals surface area contributed by atoms with E-state index in [0.29, 0.717) is 6.04 Å². The van der Waals surface area contributed by atoms with Crippen LogP contribution in [0, 0.1) is 0 Å². The normalized spacial score (nSPS) is 17.9. The van der Waals surface area contributed by atoms with Gasteiger partial charge in [-0.15, -0.1) is 0 Å². The summed E-state index contributed by atoms with van der Waals surface area (Å²) in [7, 11) is 0. The predicted octanol–water partition coefficient (Wildman–Crippen LogP) is 3.65. The van der Waals surface area contributed by atoms with E-state index in [9.17, 15) is 0 Å². The van der Waals surface area contributed by atoms with E-state index < -0.39 is 0 Å². The Hall–Kier alpha value is -1.96. The molecule has 104 valence electrons. The fraction of sp³-hybridized carbons (Fsp3) is 0.333. The molecule has 0 aliphatic carbocycles. The number of aryl methyl sites for hydroxylation is 1. The molecule has 0 radical (unpaired) electrons. The molecule has 0 spiro atoms. The molecule has 1 atom stereocenters. The fourth-order valence-corrected chi connectivity index (χ4v) is 3.03. The molecule has 3 rings (SSSR count). The first-order chi connectivity index (χ1) is 9.74. The lowest BCUT2D eigenvalue weighted by molar-refractivity contribution is 0.562. The van der Waals surface area contributed by atoms with E-state index in [2.05, 4.69) is 48.2 Å². The Morgan fingerprint density at radius 1 is 1.10 bits per heavy atom. The largest absolute Gasteiger partial charge is 0.399 e. The summed E-state index contributed by atoms with van der Waals surface area (Å²) in [5.41, 5.74) is 10.8. The zero-order valence-corrected chi connectivity index (χ0v) is 12.0. The van der Waals surface area contributed by atoms with Gasteiger partial charge in [0.25, 0.3) is 0 Å². The average Bonchev–Trinajstić information content (AvgIpc) is 2.48. The lowest BCUT2D eigenvalue weighted by Crippen LogP contribution is -2.38. The smallest absolute Gasteiger partial charge is 0.0401 e. The lowest BCUT2D eigenvalue weighted by atomic mass is 9.96. The second-order valence-electron chi connectivity index (χ2n) is 5.70. The predicted molar refractivity (Wildman–Crippen MR) is 86.1 cm³/mol. The van der Waals surface area contributed by atoms with Crippen molar-refractivity contribution >= 4 is 11.4 Å². The van der Waals surface area contributed by atoms with E-state index in [4.69, 9.17) is 5.73 Å². The van der Waals surface area contributed by atoms with Gasteiger partial charge in [0.05, 0.1) is 0 Å². The third-order valence-electron chi connectivity index (χ3n) is 4.29. The molecule has 1 aliphatic heterocycles. The quantitative estimate of drug-likeness (QED) is 0.859. The molecule has 2 N–H and O–H groups in total. The molecule has 0 bridgehead atoms. The molecule has 0 aromatic heterocycles. The number of nitrogens with zero attached hydrogens (tertiary/aromatic N) is 1. The molecule has 20 heavy (non-hydrogen) atoms. The topological polar surface area (TPSA) is 29.3 Å². The third kappa shape index (κ3) is 2.64. The van der Waals surface area contributed by atoms with E-state index in [1.807, 2.05) is 12.1 Å². The highest BCUT2D eigenvalue weighted by atomic mass is 15.2. The molecule has 0 fully saturated rings. The van der Waals surface area contributed by atoms with Crippen LogP contribution in [0.4, 0.5) is 11.4 Å². The number of rotatable bonds is 3. The summed E-state index contributed by atoms with van der Waals surface area (Å²) in [5.74, 6) is 0. The van der Waals surface area contributed by atoms with E-state index >= 15 is 0 Å². The van der Waals surface area contributed by atoms with Gasteiger partial charge in [0.2, 0.25) is 0 Å². The summed E-state index contributed by atoms with van der Waals surface area (Å²) < 4.78 is 0. The van der Waals surface area contributed by atoms with Crippen LogP contribution in [0.5, 0.6) is 0 Å². The fourth-order valence-electron chi connectivity index (χ4n) is 3.03. The monoisotopic (exact) mass is 266 g/mol. The number of nitrogens with two attached hydrogens (primary N) is 1. The third-order valence-corrected chi connectivity index (χ3v) is 4.29. The van der Waals surface area contributed by atoms with Crippen LogP contribution in [0.2, 0.25) is 0 Å². The molecule has 0 saturated carbocycles. The van der Waals surface area contributed by atoms with Gasteiger partial charge in [0.15, 0.2) is 0 Å². The zero-order chi connectivity index (χ0) is 13.9. The van der Waals surface area contributed by atoms with Crippen LogP contribution in [-0.4, -0.2) is 12.6 Å². The Balaban J connectivity index is 1.75. The van der Waals surface area contributed by atoms with E-state index in [1.165, 1.54) is 29.7 Å². The van der Waals surface area contributed by atoms with Gasteiger partial charge in [-0.25, -0.2) is 0 Å². The van der Waals surface area contributed by atoms with Gasteiger partial charge in [-0.05, 0) is 55.5 Å². The van der Waals surface area contributed by atoms with Crippen molar-refractivity contribution < 1.29 is 0 Å². The molecule has 0 saturated heterocycles. The number of benzene rings is 2. The summed E-state index contributed by atoms with van der Waals surface area (Å²) in [4.78, 5) is 2.55. The summed E-state index contributed by atoms with van der Waals surface area (Å²) in [6.45, 7) is 3.40. The molecule has 1 heterocycles. The second-order valence-corrected chi connectivity index (χ2v) is 5.70. The van der Waals surface area contributed by atoms with E-state index in [-0.39, 0.29) is 0 Å². The molecule has 1 aliphatic rings. The van der Waals surface area contributed by atoms with Gasteiger partial charge in [0, 0.05) is 24.0 Å². The Morgan fingerprint density at radius 2 is 1.85 bits per heavy atom. The minimum atomic E-state index is 0.624. The van der Waals surface area contributed by atoms with Crippen molar-refractivity contribution in [1.82, 2.24) is 0 Å². The standard InChI is InChI=1S/C18H22N2/c1-14-6-9-16-4-2-3-5-18(16)20(14)13-12-15-7-10-17(19)11-8-15/h2-5,7-8,10-11,14H,6,9,12-13,19H2,1H3. The number of nitrogen functional groups attached to an aromatic ring is 1. The summed E-state index contributed by atoms with van der Waals surface area (Å²) in [6.07, 6.45) is 3.52. The second kappa shape index (κ2) is 5.58. The first-order valence-electron chi connectivity index (χ1n) is 7.43. The maximum absolute atomic E-state index is 5.74.